The Bertz CT molecular complexity index is 439. The van der Waals surface area contributed by atoms with Gasteiger partial charge in [0.05, 0.1) is 18.0 Å². The van der Waals surface area contributed by atoms with Crippen molar-refractivity contribution in [2.75, 3.05) is 19.1 Å². The smallest absolute Gasteiger partial charge is 0.150 e. The number of hydrogen-bond donors (Lipinski definition) is 0. The monoisotopic (exact) mass is 246 g/mol. The molecule has 0 unspecified atom stereocenters. The first kappa shape index (κ1) is 13.2. The third kappa shape index (κ3) is 4.32. The summed E-state index contributed by atoms with van der Waals surface area (Å²) in [7, 11) is -1.07. The van der Waals surface area contributed by atoms with Gasteiger partial charge in [0.1, 0.15) is 9.84 Å². The fraction of sp³-hybridized carbons (Fsp3) is 0.700. The molecule has 6 heteroatoms. The van der Waals surface area contributed by atoms with Gasteiger partial charge in [-0.15, -0.1) is 0 Å². The molecule has 0 saturated heterocycles. The number of hydrogen-bond acceptors (Lipinski definition) is 5. The highest BCUT2D eigenvalue weighted by molar-refractivity contribution is 7.90. The van der Waals surface area contributed by atoms with Gasteiger partial charge in [-0.1, -0.05) is 5.16 Å². The molecule has 0 radical (unpaired) electrons. The van der Waals surface area contributed by atoms with Crippen molar-refractivity contribution in [3.63, 3.8) is 0 Å². The van der Waals surface area contributed by atoms with Crippen LogP contribution in [0.15, 0.2) is 10.6 Å². The van der Waals surface area contributed by atoms with Gasteiger partial charge in [0.25, 0.3) is 0 Å². The fourth-order valence-electron chi connectivity index (χ4n) is 1.46. The van der Waals surface area contributed by atoms with Gasteiger partial charge in [-0.3, -0.25) is 4.90 Å². The van der Waals surface area contributed by atoms with Gasteiger partial charge < -0.3 is 4.52 Å². The summed E-state index contributed by atoms with van der Waals surface area (Å²) in [4.78, 5) is 1.93. The number of aromatic nitrogens is 1. The minimum Gasteiger partial charge on any atom is -0.360 e. The second kappa shape index (κ2) is 4.97. The van der Waals surface area contributed by atoms with Gasteiger partial charge >= 0.3 is 0 Å². The van der Waals surface area contributed by atoms with Gasteiger partial charge in [0, 0.05) is 18.4 Å². The number of rotatable bonds is 5. The summed E-state index contributed by atoms with van der Waals surface area (Å²) < 4.78 is 27.4. The molecule has 0 aliphatic carbocycles. The highest BCUT2D eigenvalue weighted by Crippen LogP contribution is 2.08. The summed E-state index contributed by atoms with van der Waals surface area (Å²) in [6.45, 7) is 4.30. The van der Waals surface area contributed by atoms with E-state index in [-0.39, 0.29) is 11.8 Å². The van der Waals surface area contributed by atoms with E-state index < -0.39 is 9.84 Å². The predicted octanol–water partition coefficient (Wildman–Crippen LogP) is 0.848. The molecule has 1 heterocycles. The first-order chi connectivity index (χ1) is 7.28. The molecule has 16 heavy (non-hydrogen) atoms. The largest absolute Gasteiger partial charge is 0.360 e. The van der Waals surface area contributed by atoms with Gasteiger partial charge in [-0.05, 0) is 20.9 Å². The van der Waals surface area contributed by atoms with E-state index in [1.807, 2.05) is 31.9 Å². The molecule has 1 aromatic heterocycles. The molecule has 0 aliphatic heterocycles. The minimum absolute atomic E-state index is 0.0413. The van der Waals surface area contributed by atoms with Crippen LogP contribution < -0.4 is 0 Å². The molecule has 1 aromatic rings. The van der Waals surface area contributed by atoms with E-state index in [0.717, 1.165) is 11.5 Å². The predicted molar refractivity (Wildman–Crippen MR) is 61.9 cm³/mol. The Labute approximate surface area is 96.3 Å². The van der Waals surface area contributed by atoms with Crippen LogP contribution in [-0.4, -0.2) is 43.6 Å². The summed E-state index contributed by atoms with van der Waals surface area (Å²) >= 11 is 0. The van der Waals surface area contributed by atoms with E-state index in [2.05, 4.69) is 5.16 Å². The lowest BCUT2D eigenvalue weighted by Gasteiger charge is -2.22. The maximum atomic E-state index is 11.1. The van der Waals surface area contributed by atoms with E-state index in [4.69, 9.17) is 4.52 Å². The Hall–Kier alpha value is -0.880. The van der Waals surface area contributed by atoms with Gasteiger partial charge in [0.2, 0.25) is 0 Å². The van der Waals surface area contributed by atoms with E-state index in [9.17, 15) is 8.42 Å². The van der Waals surface area contributed by atoms with Crippen LogP contribution in [0.4, 0.5) is 0 Å². The highest BCUT2D eigenvalue weighted by atomic mass is 32.2. The molecular formula is C10H18N2O3S. The van der Waals surface area contributed by atoms with Crippen LogP contribution >= 0.6 is 0 Å². The molecule has 0 bridgehead atoms. The Morgan fingerprint density at radius 3 is 2.62 bits per heavy atom. The fourth-order valence-corrected chi connectivity index (χ4v) is 2.59. The van der Waals surface area contributed by atoms with Crippen LogP contribution in [0.1, 0.15) is 18.4 Å². The Balaban J connectivity index is 2.55. The van der Waals surface area contributed by atoms with Crippen LogP contribution in [-0.2, 0) is 16.4 Å². The van der Waals surface area contributed by atoms with Crippen molar-refractivity contribution in [1.29, 1.82) is 0 Å². The van der Waals surface area contributed by atoms with Gasteiger partial charge in [-0.25, -0.2) is 8.42 Å². The van der Waals surface area contributed by atoms with Crippen molar-refractivity contribution < 1.29 is 12.9 Å². The maximum Gasteiger partial charge on any atom is 0.150 e. The first-order valence-corrected chi connectivity index (χ1v) is 7.14. The van der Waals surface area contributed by atoms with Crippen LogP contribution in [0.25, 0.3) is 0 Å². The second-order valence-corrected chi connectivity index (χ2v) is 6.48. The summed E-state index contributed by atoms with van der Waals surface area (Å²) in [6, 6.07) is 1.81. The number of nitrogens with zero attached hydrogens (tertiary/aromatic N) is 2. The van der Waals surface area contributed by atoms with Crippen molar-refractivity contribution in [2.45, 2.75) is 26.4 Å². The van der Waals surface area contributed by atoms with E-state index in [1.165, 1.54) is 6.26 Å². The quantitative estimate of drug-likeness (QED) is 0.770. The van der Waals surface area contributed by atoms with Crippen molar-refractivity contribution in [3.8, 4) is 0 Å². The highest BCUT2D eigenvalue weighted by Gasteiger charge is 2.16. The summed E-state index contributed by atoms with van der Waals surface area (Å²) in [5.41, 5.74) is 0.833. The average Bonchev–Trinajstić information content (AvgIpc) is 2.48. The third-order valence-electron chi connectivity index (χ3n) is 2.38. The molecule has 0 spiro atoms. The molecule has 0 amide bonds. The van der Waals surface area contributed by atoms with Crippen molar-refractivity contribution in [2.24, 2.45) is 0 Å². The maximum absolute atomic E-state index is 11.1. The number of aryl methyl sites for hydroxylation is 1. The third-order valence-corrected chi connectivity index (χ3v) is 3.47. The van der Waals surface area contributed by atoms with Crippen LogP contribution in [0.5, 0.6) is 0 Å². The van der Waals surface area contributed by atoms with Crippen molar-refractivity contribution >= 4 is 9.84 Å². The number of sulfone groups is 1. The van der Waals surface area contributed by atoms with Gasteiger partial charge in [-0.2, -0.15) is 0 Å². The van der Waals surface area contributed by atoms with Gasteiger partial charge in [0.15, 0.2) is 5.76 Å². The summed E-state index contributed by atoms with van der Waals surface area (Å²) in [6.07, 6.45) is 1.25. The van der Waals surface area contributed by atoms with Crippen LogP contribution in [0.3, 0.4) is 0 Å². The van der Waals surface area contributed by atoms with E-state index in [0.29, 0.717) is 6.54 Å². The molecule has 1 atom stereocenters. The van der Waals surface area contributed by atoms with E-state index in [1.54, 1.807) is 0 Å². The first-order valence-electron chi connectivity index (χ1n) is 5.08. The minimum atomic E-state index is -2.94. The van der Waals surface area contributed by atoms with Crippen molar-refractivity contribution in [3.05, 3.63) is 17.5 Å². The molecule has 0 N–H and O–H groups in total. The van der Waals surface area contributed by atoms with Crippen molar-refractivity contribution in [1.82, 2.24) is 10.1 Å². The zero-order valence-corrected chi connectivity index (χ0v) is 10.9. The Morgan fingerprint density at radius 1 is 1.56 bits per heavy atom. The lowest BCUT2D eigenvalue weighted by Crippen LogP contribution is -2.34. The lowest BCUT2D eigenvalue weighted by molar-refractivity contribution is 0.232. The van der Waals surface area contributed by atoms with Crippen LogP contribution in [0.2, 0.25) is 0 Å². The molecule has 0 saturated carbocycles. The normalized spacial score (nSPS) is 14.3. The standard InChI is InChI=1S/C10H18N2O3S/c1-8-5-10(15-11-8)6-12(3)9(2)7-16(4,13)14/h5,9H,6-7H2,1-4H3/t9-/m1/s1. The average molecular weight is 246 g/mol. The second-order valence-electron chi connectivity index (χ2n) is 4.29. The molecule has 1 rings (SSSR count). The zero-order chi connectivity index (χ0) is 12.3. The van der Waals surface area contributed by atoms with Crippen LogP contribution in [0, 0.1) is 6.92 Å². The molecule has 0 fully saturated rings. The molecule has 0 aliphatic rings. The molecule has 5 nitrogen and oxygen atoms in total. The van der Waals surface area contributed by atoms with E-state index >= 15 is 0 Å². The summed E-state index contributed by atoms with van der Waals surface area (Å²) in [5.74, 6) is 0.900. The zero-order valence-electron chi connectivity index (χ0n) is 10.1. The topological polar surface area (TPSA) is 63.4 Å². The molecular weight excluding hydrogens is 228 g/mol. The SMILES string of the molecule is Cc1cc(CN(C)[C@H](C)CS(C)(=O)=O)on1. The Morgan fingerprint density at radius 2 is 2.19 bits per heavy atom. The Kier molecular flexibility index (Phi) is 4.09. The summed E-state index contributed by atoms with van der Waals surface area (Å²) in [5, 5.41) is 3.78. The molecule has 0 aromatic carbocycles. The lowest BCUT2D eigenvalue weighted by atomic mass is 10.3. The molecule has 92 valence electrons.